The van der Waals surface area contributed by atoms with E-state index < -0.39 is 29.7 Å². The van der Waals surface area contributed by atoms with Crippen LogP contribution < -0.4 is 0 Å². The molecule has 3 heterocycles. The number of hydrogen-bond donors (Lipinski definition) is 0. The van der Waals surface area contributed by atoms with Crippen LogP contribution in [0.2, 0.25) is 0 Å². The van der Waals surface area contributed by atoms with Crippen molar-refractivity contribution < 1.29 is 18.8 Å². The number of Topliss-reactive ketones (excluding diaryl/α,β-unsaturated/α-hetero) is 1. The first-order valence-corrected chi connectivity index (χ1v) is 11.1. The van der Waals surface area contributed by atoms with Crippen molar-refractivity contribution in [2.45, 2.75) is 18.6 Å². The first-order chi connectivity index (χ1) is 16.5. The normalized spacial score (nSPS) is 24.7. The monoisotopic (exact) mass is 453 g/mol. The molecule has 3 aromatic rings. The van der Waals surface area contributed by atoms with Crippen molar-refractivity contribution in [2.24, 2.45) is 16.9 Å². The van der Waals surface area contributed by atoms with Crippen molar-refractivity contribution in [3.8, 4) is 0 Å². The van der Waals surface area contributed by atoms with E-state index in [9.17, 15) is 18.8 Å². The SMILES string of the molecule is O=C(c1ccc(F)cc1)[C@H]1[C@H]2C(=O)N(Cc3ccccc3)C(=O)[C@H]2[C@@H]2c3ccccc3C=NN12. The molecule has 34 heavy (non-hydrogen) atoms. The van der Waals surface area contributed by atoms with Gasteiger partial charge in [-0.3, -0.25) is 24.3 Å². The van der Waals surface area contributed by atoms with E-state index in [-0.39, 0.29) is 29.7 Å². The largest absolute Gasteiger partial charge is 0.292 e. The zero-order valence-electron chi connectivity index (χ0n) is 18.0. The number of ketones is 1. The van der Waals surface area contributed by atoms with E-state index in [1.807, 2.05) is 54.6 Å². The summed E-state index contributed by atoms with van der Waals surface area (Å²) in [5, 5.41) is 6.14. The molecule has 0 N–H and O–H groups in total. The van der Waals surface area contributed by atoms with Gasteiger partial charge in [0.05, 0.1) is 30.6 Å². The Kier molecular flexibility index (Phi) is 4.65. The van der Waals surface area contributed by atoms with E-state index in [0.717, 1.165) is 16.7 Å². The molecule has 2 amide bonds. The molecule has 6 nitrogen and oxygen atoms in total. The summed E-state index contributed by atoms with van der Waals surface area (Å²) in [7, 11) is 0. The molecular formula is C27H20FN3O3. The van der Waals surface area contributed by atoms with Gasteiger partial charge in [-0.1, -0.05) is 54.6 Å². The van der Waals surface area contributed by atoms with Crippen molar-refractivity contribution in [3.63, 3.8) is 0 Å². The van der Waals surface area contributed by atoms with Gasteiger partial charge in [0.15, 0.2) is 5.78 Å². The fourth-order valence-electron chi connectivity index (χ4n) is 5.44. The molecule has 3 aliphatic heterocycles. The van der Waals surface area contributed by atoms with Crippen LogP contribution in [-0.2, 0) is 16.1 Å². The number of likely N-dealkylation sites (tertiary alicyclic amines) is 1. The summed E-state index contributed by atoms with van der Waals surface area (Å²) in [5.74, 6) is -3.08. The molecule has 168 valence electrons. The van der Waals surface area contributed by atoms with Crippen LogP contribution in [0, 0.1) is 17.7 Å². The first-order valence-electron chi connectivity index (χ1n) is 11.1. The number of carbonyl (C=O) groups is 3. The van der Waals surface area contributed by atoms with E-state index in [4.69, 9.17) is 0 Å². The summed E-state index contributed by atoms with van der Waals surface area (Å²) < 4.78 is 13.5. The molecule has 7 heteroatoms. The minimum atomic E-state index is -0.956. The number of amides is 2. The Hall–Kier alpha value is -4.13. The van der Waals surface area contributed by atoms with Crippen LogP contribution in [0.25, 0.3) is 0 Å². The summed E-state index contributed by atoms with van der Waals surface area (Å²) in [6.45, 7) is 0.153. The zero-order valence-corrected chi connectivity index (χ0v) is 18.0. The molecule has 0 aromatic heterocycles. The molecule has 0 aliphatic carbocycles. The van der Waals surface area contributed by atoms with Gasteiger partial charge in [-0.15, -0.1) is 0 Å². The Morgan fingerprint density at radius 3 is 2.29 bits per heavy atom. The quantitative estimate of drug-likeness (QED) is 0.447. The van der Waals surface area contributed by atoms with E-state index in [0.29, 0.717) is 0 Å². The van der Waals surface area contributed by atoms with Crippen molar-refractivity contribution in [1.29, 1.82) is 0 Å². The van der Waals surface area contributed by atoms with Crippen LogP contribution in [-0.4, -0.2) is 39.8 Å². The van der Waals surface area contributed by atoms with Crippen LogP contribution >= 0.6 is 0 Å². The van der Waals surface area contributed by atoms with Gasteiger partial charge in [0.25, 0.3) is 0 Å². The lowest BCUT2D eigenvalue weighted by Crippen LogP contribution is -2.44. The maximum Gasteiger partial charge on any atom is 0.236 e. The van der Waals surface area contributed by atoms with Crippen molar-refractivity contribution in [3.05, 3.63) is 107 Å². The fourth-order valence-corrected chi connectivity index (χ4v) is 5.44. The van der Waals surface area contributed by atoms with Crippen LogP contribution in [0.1, 0.15) is 33.1 Å². The van der Waals surface area contributed by atoms with Crippen LogP contribution in [0.15, 0.2) is 84.0 Å². The molecule has 4 atom stereocenters. The summed E-state index contributed by atoms with van der Waals surface area (Å²) in [6, 6.07) is 20.7. The van der Waals surface area contributed by atoms with Gasteiger partial charge in [-0.05, 0) is 41.0 Å². The number of rotatable bonds is 4. The first kappa shape index (κ1) is 20.5. The third-order valence-corrected chi connectivity index (χ3v) is 6.97. The molecule has 2 fully saturated rings. The lowest BCUT2D eigenvalue weighted by Gasteiger charge is -2.33. The molecule has 6 rings (SSSR count). The molecule has 0 unspecified atom stereocenters. The van der Waals surface area contributed by atoms with Crippen molar-refractivity contribution >= 4 is 23.8 Å². The Morgan fingerprint density at radius 2 is 1.53 bits per heavy atom. The smallest absolute Gasteiger partial charge is 0.236 e. The molecule has 0 radical (unpaired) electrons. The highest BCUT2D eigenvalue weighted by atomic mass is 19.1. The minimum absolute atomic E-state index is 0.153. The number of imide groups is 1. The molecule has 2 saturated heterocycles. The van der Waals surface area contributed by atoms with Crippen LogP contribution in [0.4, 0.5) is 4.39 Å². The van der Waals surface area contributed by atoms with Crippen molar-refractivity contribution in [2.75, 3.05) is 0 Å². The second-order valence-electron chi connectivity index (χ2n) is 8.81. The van der Waals surface area contributed by atoms with Gasteiger partial charge < -0.3 is 0 Å². The number of nitrogens with zero attached hydrogens (tertiary/aromatic N) is 3. The fraction of sp³-hybridized carbons (Fsp3) is 0.185. The number of hydrazone groups is 1. The van der Waals surface area contributed by atoms with Gasteiger partial charge in [-0.25, -0.2) is 4.39 Å². The number of halogens is 1. The molecule has 3 aromatic carbocycles. The van der Waals surface area contributed by atoms with E-state index in [1.54, 1.807) is 11.2 Å². The summed E-state index contributed by atoms with van der Waals surface area (Å²) in [5.41, 5.74) is 2.84. The Balaban J connectivity index is 1.45. The average molecular weight is 453 g/mol. The predicted octanol–water partition coefficient (Wildman–Crippen LogP) is 3.58. The lowest BCUT2D eigenvalue weighted by molar-refractivity contribution is -0.142. The maximum atomic E-state index is 13.7. The molecule has 0 saturated carbocycles. The van der Waals surface area contributed by atoms with Gasteiger partial charge in [0.2, 0.25) is 11.8 Å². The summed E-state index contributed by atoms with van der Waals surface area (Å²) in [6.07, 6.45) is 1.66. The van der Waals surface area contributed by atoms with Crippen molar-refractivity contribution in [1.82, 2.24) is 9.91 Å². The van der Waals surface area contributed by atoms with Crippen LogP contribution in [0.5, 0.6) is 0 Å². The average Bonchev–Trinajstić information content (AvgIpc) is 3.33. The van der Waals surface area contributed by atoms with Gasteiger partial charge in [-0.2, -0.15) is 5.10 Å². The number of fused-ring (bicyclic) bond motifs is 5. The van der Waals surface area contributed by atoms with Gasteiger partial charge in [0.1, 0.15) is 11.9 Å². The highest BCUT2D eigenvalue weighted by molar-refractivity contribution is 6.12. The zero-order chi connectivity index (χ0) is 23.4. The third-order valence-electron chi connectivity index (χ3n) is 6.97. The second kappa shape index (κ2) is 7.73. The molecule has 0 spiro atoms. The third kappa shape index (κ3) is 3.00. The summed E-state index contributed by atoms with van der Waals surface area (Å²) in [4.78, 5) is 42.3. The second-order valence-corrected chi connectivity index (χ2v) is 8.81. The van der Waals surface area contributed by atoms with Crippen LogP contribution in [0.3, 0.4) is 0 Å². The maximum absolute atomic E-state index is 13.7. The molecule has 0 bridgehead atoms. The minimum Gasteiger partial charge on any atom is -0.292 e. The van der Waals surface area contributed by atoms with E-state index in [2.05, 4.69) is 5.10 Å². The summed E-state index contributed by atoms with van der Waals surface area (Å²) >= 11 is 0. The van der Waals surface area contributed by atoms with Gasteiger partial charge >= 0.3 is 0 Å². The number of benzene rings is 3. The molecule has 3 aliphatic rings. The number of carbonyl (C=O) groups excluding carboxylic acids is 3. The highest BCUT2D eigenvalue weighted by Gasteiger charge is 2.65. The Labute approximate surface area is 195 Å². The highest BCUT2D eigenvalue weighted by Crippen LogP contribution is 2.52. The standard InChI is InChI=1S/C27H20FN3O3/c28-19-12-10-17(11-13-19)25(32)24-22-21(23-20-9-5-4-8-18(20)14-29-31(23)24)26(33)30(27(22)34)15-16-6-2-1-3-7-16/h1-14,21-24H,15H2/t21-,22+,23+,24-/m1/s1. The molecular weight excluding hydrogens is 433 g/mol. The predicted molar refractivity (Wildman–Crippen MR) is 122 cm³/mol. The van der Waals surface area contributed by atoms with Gasteiger partial charge in [0, 0.05) is 5.56 Å². The topological polar surface area (TPSA) is 70.0 Å². The van der Waals surface area contributed by atoms with E-state index >= 15 is 0 Å². The van der Waals surface area contributed by atoms with E-state index in [1.165, 1.54) is 29.2 Å². The number of hydrogen-bond acceptors (Lipinski definition) is 5. The Bertz CT molecular complexity index is 1340. The Morgan fingerprint density at radius 1 is 0.853 bits per heavy atom. The lowest BCUT2D eigenvalue weighted by atomic mass is 9.83.